The predicted octanol–water partition coefficient (Wildman–Crippen LogP) is 3.52. The number of nitrogens with zero attached hydrogens (tertiary/aromatic N) is 2. The summed E-state index contributed by atoms with van der Waals surface area (Å²) < 4.78 is 24.6. The van der Waals surface area contributed by atoms with E-state index in [0.29, 0.717) is 34.3 Å². The molecule has 1 N–H and O–H groups in total. The number of benzene rings is 2. The molecular formula is C20H24Cl2N3O3S-. The van der Waals surface area contributed by atoms with Crippen molar-refractivity contribution in [2.24, 2.45) is 0 Å². The summed E-state index contributed by atoms with van der Waals surface area (Å²) in [6.45, 7) is 1.67. The van der Waals surface area contributed by atoms with Gasteiger partial charge in [-0.3, -0.25) is 9.00 Å². The molecule has 1 unspecified atom stereocenters. The second kappa shape index (κ2) is 11.5. The Bertz CT molecular complexity index is 847. The molecule has 0 radical (unpaired) electrons. The Morgan fingerprint density at radius 3 is 2.41 bits per heavy atom. The topological polar surface area (TPSA) is 75.7 Å². The summed E-state index contributed by atoms with van der Waals surface area (Å²) in [7, 11) is 3.96. The van der Waals surface area contributed by atoms with E-state index in [1.807, 2.05) is 20.2 Å². The Labute approximate surface area is 184 Å². The average Bonchev–Trinajstić information content (AvgIpc) is 2.68. The summed E-state index contributed by atoms with van der Waals surface area (Å²) in [5.41, 5.74) is 1.72. The van der Waals surface area contributed by atoms with E-state index < -0.39 is 11.3 Å². The minimum Gasteiger partial charge on any atom is -0.755 e. The fourth-order valence-electron chi connectivity index (χ4n) is 2.73. The number of carbonyl (C=O) groups is 1. The van der Waals surface area contributed by atoms with Gasteiger partial charge in [-0.15, -0.1) is 0 Å². The number of rotatable bonds is 10. The molecule has 6 nitrogen and oxygen atoms in total. The molecule has 2 aromatic rings. The lowest BCUT2D eigenvalue weighted by Gasteiger charge is -2.26. The quantitative estimate of drug-likeness (QED) is 0.438. The maximum atomic E-state index is 12.2. The number of carbonyl (C=O) groups excluding carboxylic acids is 1. The van der Waals surface area contributed by atoms with Crippen LogP contribution in [0.25, 0.3) is 0 Å². The molecule has 0 aromatic heterocycles. The molecule has 29 heavy (non-hydrogen) atoms. The zero-order valence-electron chi connectivity index (χ0n) is 16.4. The number of hydrogen-bond donors (Lipinski definition) is 1. The second-order valence-electron chi connectivity index (χ2n) is 6.74. The van der Waals surface area contributed by atoms with Gasteiger partial charge in [-0.25, -0.2) is 0 Å². The van der Waals surface area contributed by atoms with Crippen LogP contribution in [0.15, 0.2) is 42.5 Å². The molecule has 0 aliphatic heterocycles. The van der Waals surface area contributed by atoms with Gasteiger partial charge in [-0.05, 0) is 69.4 Å². The van der Waals surface area contributed by atoms with Crippen LogP contribution in [0.5, 0.6) is 0 Å². The number of halogens is 2. The van der Waals surface area contributed by atoms with Crippen LogP contribution in [0.2, 0.25) is 10.0 Å². The van der Waals surface area contributed by atoms with Crippen molar-refractivity contribution in [3.63, 3.8) is 0 Å². The predicted molar refractivity (Wildman–Crippen MR) is 118 cm³/mol. The first-order valence-corrected chi connectivity index (χ1v) is 10.9. The first kappa shape index (κ1) is 23.6. The summed E-state index contributed by atoms with van der Waals surface area (Å²) in [5.74, 6) is -0.184. The lowest BCUT2D eigenvalue weighted by Crippen LogP contribution is -2.28. The van der Waals surface area contributed by atoms with Gasteiger partial charge >= 0.3 is 0 Å². The molecule has 0 aliphatic rings. The van der Waals surface area contributed by atoms with Crippen molar-refractivity contribution in [2.75, 3.05) is 38.0 Å². The number of anilines is 1. The molecule has 0 saturated heterocycles. The summed E-state index contributed by atoms with van der Waals surface area (Å²) in [6, 6.07) is 11.7. The summed E-state index contributed by atoms with van der Waals surface area (Å²) in [4.78, 5) is 14.2. The van der Waals surface area contributed by atoms with Gasteiger partial charge in [0.1, 0.15) is 0 Å². The Morgan fingerprint density at radius 1 is 1.10 bits per heavy atom. The highest BCUT2D eigenvalue weighted by Crippen LogP contribution is 2.26. The lowest BCUT2D eigenvalue weighted by atomic mass is 10.1. The highest BCUT2D eigenvalue weighted by molar-refractivity contribution is 7.80. The van der Waals surface area contributed by atoms with Gasteiger partial charge in [0, 0.05) is 35.6 Å². The molecule has 0 bridgehead atoms. The van der Waals surface area contributed by atoms with Gasteiger partial charge in [0.2, 0.25) is 0 Å². The fourth-order valence-corrected chi connectivity index (χ4v) is 3.68. The first-order valence-electron chi connectivity index (χ1n) is 9.12. The minimum atomic E-state index is -2.47. The molecular weight excluding hydrogens is 433 g/mol. The van der Waals surface area contributed by atoms with Gasteiger partial charge in [0.05, 0.1) is 10.0 Å². The van der Waals surface area contributed by atoms with Crippen LogP contribution in [0.3, 0.4) is 0 Å². The van der Waals surface area contributed by atoms with Crippen LogP contribution in [0.1, 0.15) is 22.3 Å². The van der Waals surface area contributed by atoms with Gasteiger partial charge in [-0.1, -0.05) is 35.3 Å². The smallest absolute Gasteiger partial charge is 0.251 e. The third-order valence-electron chi connectivity index (χ3n) is 4.28. The van der Waals surface area contributed by atoms with Crippen LogP contribution < -0.4 is 9.62 Å². The SMILES string of the molecule is CN(C)CCCNC(=O)c1ccc(N(CCc2cccc(Cl)c2Cl)S(=O)[O-])cc1. The van der Waals surface area contributed by atoms with Gasteiger partial charge in [-0.2, -0.15) is 0 Å². The van der Waals surface area contributed by atoms with Crippen LogP contribution >= 0.6 is 23.2 Å². The first-order chi connectivity index (χ1) is 13.8. The highest BCUT2D eigenvalue weighted by Gasteiger charge is 2.12. The minimum absolute atomic E-state index is 0.184. The maximum Gasteiger partial charge on any atom is 0.251 e. The highest BCUT2D eigenvalue weighted by atomic mass is 35.5. The molecule has 158 valence electrons. The molecule has 0 saturated carbocycles. The van der Waals surface area contributed by atoms with E-state index in [2.05, 4.69) is 10.2 Å². The molecule has 0 fully saturated rings. The maximum absolute atomic E-state index is 12.2. The molecule has 0 aliphatic carbocycles. The van der Waals surface area contributed by atoms with Crippen LogP contribution in [-0.2, 0) is 17.7 Å². The molecule has 0 heterocycles. The van der Waals surface area contributed by atoms with E-state index in [1.54, 1.807) is 36.4 Å². The van der Waals surface area contributed by atoms with Crippen molar-refractivity contribution in [3.8, 4) is 0 Å². The monoisotopic (exact) mass is 456 g/mol. The number of hydrogen-bond acceptors (Lipinski definition) is 4. The Hall–Kier alpha value is -1.64. The second-order valence-corrected chi connectivity index (χ2v) is 8.40. The Morgan fingerprint density at radius 2 is 1.79 bits per heavy atom. The molecule has 9 heteroatoms. The molecule has 2 aromatic carbocycles. The van der Waals surface area contributed by atoms with E-state index in [0.717, 1.165) is 18.5 Å². The summed E-state index contributed by atoms with van der Waals surface area (Å²) >= 11 is 9.72. The van der Waals surface area contributed by atoms with E-state index in [-0.39, 0.29) is 12.5 Å². The molecule has 1 amide bonds. The van der Waals surface area contributed by atoms with Crippen molar-refractivity contribution >= 4 is 46.1 Å². The fraction of sp³-hybridized carbons (Fsp3) is 0.350. The summed E-state index contributed by atoms with van der Waals surface area (Å²) in [5, 5.41) is 3.71. The van der Waals surface area contributed by atoms with E-state index in [9.17, 15) is 13.6 Å². The van der Waals surface area contributed by atoms with E-state index in [4.69, 9.17) is 23.2 Å². The van der Waals surface area contributed by atoms with Crippen LogP contribution in [-0.4, -0.2) is 53.3 Å². The van der Waals surface area contributed by atoms with Gasteiger partial charge in [0.25, 0.3) is 5.91 Å². The molecule has 0 spiro atoms. The van der Waals surface area contributed by atoms with Crippen molar-refractivity contribution in [1.29, 1.82) is 0 Å². The molecule has 2 rings (SSSR count). The van der Waals surface area contributed by atoms with Crippen LogP contribution in [0.4, 0.5) is 5.69 Å². The van der Waals surface area contributed by atoms with Crippen molar-refractivity contribution < 1.29 is 13.6 Å². The van der Waals surface area contributed by atoms with Crippen molar-refractivity contribution in [1.82, 2.24) is 10.2 Å². The lowest BCUT2D eigenvalue weighted by molar-refractivity contribution is 0.0952. The third-order valence-corrected chi connectivity index (χ3v) is 5.89. The van der Waals surface area contributed by atoms with Crippen molar-refractivity contribution in [3.05, 3.63) is 63.6 Å². The Kier molecular flexibility index (Phi) is 9.39. The van der Waals surface area contributed by atoms with Gasteiger partial charge in [0.15, 0.2) is 0 Å². The summed E-state index contributed by atoms with van der Waals surface area (Å²) in [6.07, 6.45) is 1.26. The Balaban J connectivity index is 2.00. The number of amides is 1. The zero-order valence-corrected chi connectivity index (χ0v) is 18.7. The van der Waals surface area contributed by atoms with Gasteiger partial charge < -0.3 is 19.1 Å². The third kappa shape index (κ3) is 7.28. The van der Waals surface area contributed by atoms with E-state index >= 15 is 0 Å². The normalized spacial score (nSPS) is 12.1. The standard InChI is InChI=1S/C20H25Cl2N3O3S/c1-24(2)13-4-12-23-20(26)16-7-9-17(10-8-16)25(29(27)28)14-11-15-5-3-6-18(21)19(15)22/h3,5-10H,4,11-14H2,1-2H3,(H,23,26)(H,27,28)/p-1. The average molecular weight is 457 g/mol. The zero-order chi connectivity index (χ0) is 21.4. The largest absolute Gasteiger partial charge is 0.755 e. The van der Waals surface area contributed by atoms with Crippen LogP contribution in [0, 0.1) is 0 Å². The van der Waals surface area contributed by atoms with Crippen molar-refractivity contribution in [2.45, 2.75) is 12.8 Å². The van der Waals surface area contributed by atoms with E-state index in [1.165, 1.54) is 4.31 Å². The molecule has 1 atom stereocenters. The number of nitrogens with one attached hydrogen (secondary N) is 1.